The second-order valence-electron chi connectivity index (χ2n) is 6.43. The van der Waals surface area contributed by atoms with Crippen LogP contribution in [-0.4, -0.2) is 24.0 Å². The first kappa shape index (κ1) is 18.4. The average molecular weight is 411 g/mol. The lowest BCUT2D eigenvalue weighted by atomic mass is 10.1. The maximum absolute atomic E-state index is 12.4. The molecule has 0 atom stereocenters. The Labute approximate surface area is 167 Å². The van der Waals surface area contributed by atoms with Crippen molar-refractivity contribution in [3.63, 3.8) is 0 Å². The molecule has 0 unspecified atom stereocenters. The van der Waals surface area contributed by atoms with E-state index >= 15 is 0 Å². The maximum Gasteiger partial charge on any atom is 0.276 e. The van der Waals surface area contributed by atoms with Gasteiger partial charge in [0.15, 0.2) is 4.96 Å². The molecule has 0 saturated heterocycles. The molecule has 4 aromatic rings. The highest BCUT2D eigenvalue weighted by Crippen LogP contribution is 2.26. The number of fused-ring (bicyclic) bond motifs is 1. The van der Waals surface area contributed by atoms with Gasteiger partial charge in [0.25, 0.3) is 10.0 Å². The topological polar surface area (TPSA) is 75.8 Å². The van der Waals surface area contributed by atoms with E-state index in [1.807, 2.05) is 54.1 Å². The summed E-state index contributed by atoms with van der Waals surface area (Å²) in [5.41, 5.74) is 4.57. The van der Waals surface area contributed by atoms with Gasteiger partial charge in [0.2, 0.25) is 0 Å². The van der Waals surface area contributed by atoms with E-state index in [9.17, 15) is 8.42 Å². The van der Waals surface area contributed by atoms with Gasteiger partial charge in [-0.25, -0.2) is 9.82 Å². The van der Waals surface area contributed by atoms with Crippen LogP contribution in [0.1, 0.15) is 16.8 Å². The van der Waals surface area contributed by atoms with Gasteiger partial charge in [0, 0.05) is 17.1 Å². The van der Waals surface area contributed by atoms with E-state index in [0.717, 1.165) is 27.3 Å². The van der Waals surface area contributed by atoms with E-state index in [2.05, 4.69) is 14.9 Å². The lowest BCUT2D eigenvalue weighted by Gasteiger charge is -2.04. The molecule has 0 radical (unpaired) electrons. The fraction of sp³-hybridized carbons (Fsp3) is 0.100. The molecular formula is C20H18N4O2S2. The number of aryl methyl sites for hydroxylation is 2. The Balaban J connectivity index is 1.67. The minimum atomic E-state index is -3.73. The highest BCUT2D eigenvalue weighted by molar-refractivity contribution is 7.89. The molecule has 8 heteroatoms. The number of sulfonamides is 1. The molecule has 142 valence electrons. The van der Waals surface area contributed by atoms with Gasteiger partial charge in [0.1, 0.15) is 0 Å². The molecule has 0 spiro atoms. The summed E-state index contributed by atoms with van der Waals surface area (Å²) in [7, 11) is -3.73. The third kappa shape index (κ3) is 3.56. The van der Waals surface area contributed by atoms with Crippen molar-refractivity contribution in [3.05, 3.63) is 76.9 Å². The van der Waals surface area contributed by atoms with E-state index in [1.165, 1.54) is 17.6 Å². The number of aromatic nitrogens is 2. The highest BCUT2D eigenvalue weighted by atomic mass is 32.2. The maximum atomic E-state index is 12.4. The minimum absolute atomic E-state index is 0.169. The number of nitrogens with zero attached hydrogens (tertiary/aromatic N) is 3. The van der Waals surface area contributed by atoms with Gasteiger partial charge in [-0.1, -0.05) is 47.5 Å². The van der Waals surface area contributed by atoms with Crippen molar-refractivity contribution in [2.24, 2.45) is 5.10 Å². The lowest BCUT2D eigenvalue weighted by Crippen LogP contribution is -2.18. The number of benzene rings is 2. The van der Waals surface area contributed by atoms with Gasteiger partial charge >= 0.3 is 0 Å². The van der Waals surface area contributed by atoms with Crippen molar-refractivity contribution in [3.8, 4) is 11.3 Å². The standard InChI is InChI=1S/C20H18N4O2S2/c1-14-3-7-16(8-4-14)19-18(24-11-12-27-20(24)22-19)13-21-23-28(25,26)17-9-5-15(2)6-10-17/h3-13,23H,1-2H3/b21-13+. The van der Waals surface area contributed by atoms with Crippen LogP contribution in [0, 0.1) is 13.8 Å². The molecule has 0 aliphatic carbocycles. The van der Waals surface area contributed by atoms with Crippen molar-refractivity contribution in [2.75, 3.05) is 0 Å². The third-order valence-corrected chi connectivity index (χ3v) is 6.31. The molecule has 6 nitrogen and oxygen atoms in total. The number of hydrogen-bond donors (Lipinski definition) is 1. The first-order chi connectivity index (χ1) is 13.4. The molecular weight excluding hydrogens is 392 g/mol. The normalized spacial score (nSPS) is 12.1. The van der Waals surface area contributed by atoms with Crippen LogP contribution in [0.3, 0.4) is 0 Å². The average Bonchev–Trinajstić information content (AvgIpc) is 3.25. The Hall–Kier alpha value is -2.97. The molecule has 2 heterocycles. The molecule has 2 aromatic heterocycles. The van der Waals surface area contributed by atoms with Gasteiger partial charge in [-0.05, 0) is 26.0 Å². The van der Waals surface area contributed by atoms with Gasteiger partial charge < -0.3 is 0 Å². The second kappa shape index (κ2) is 7.21. The monoisotopic (exact) mass is 410 g/mol. The SMILES string of the molecule is Cc1ccc(-c2nc3sccn3c2/C=N/NS(=O)(=O)c2ccc(C)cc2)cc1. The predicted molar refractivity (Wildman–Crippen MR) is 112 cm³/mol. The molecule has 0 fully saturated rings. The summed E-state index contributed by atoms with van der Waals surface area (Å²) in [6, 6.07) is 14.6. The molecule has 2 aromatic carbocycles. The van der Waals surface area contributed by atoms with Crippen molar-refractivity contribution >= 4 is 32.5 Å². The van der Waals surface area contributed by atoms with E-state index in [0.29, 0.717) is 5.69 Å². The van der Waals surface area contributed by atoms with E-state index in [4.69, 9.17) is 0 Å². The fourth-order valence-electron chi connectivity index (χ4n) is 2.78. The zero-order valence-electron chi connectivity index (χ0n) is 15.3. The molecule has 0 saturated carbocycles. The number of hydrogen-bond acceptors (Lipinski definition) is 5. The van der Waals surface area contributed by atoms with Crippen molar-refractivity contribution in [2.45, 2.75) is 18.7 Å². The Morgan fingerprint density at radius 1 is 1.04 bits per heavy atom. The van der Waals surface area contributed by atoms with Crippen LogP contribution >= 0.6 is 11.3 Å². The minimum Gasteiger partial charge on any atom is -0.289 e. The van der Waals surface area contributed by atoms with Crippen LogP contribution < -0.4 is 4.83 Å². The predicted octanol–water partition coefficient (Wildman–Crippen LogP) is 3.99. The number of nitrogens with one attached hydrogen (secondary N) is 1. The summed E-state index contributed by atoms with van der Waals surface area (Å²) in [5.74, 6) is 0. The van der Waals surface area contributed by atoms with E-state index < -0.39 is 10.0 Å². The summed E-state index contributed by atoms with van der Waals surface area (Å²) in [5, 5.41) is 5.92. The fourth-order valence-corrected chi connectivity index (χ4v) is 4.29. The van der Waals surface area contributed by atoms with Gasteiger partial charge in [-0.2, -0.15) is 13.5 Å². The smallest absolute Gasteiger partial charge is 0.276 e. The van der Waals surface area contributed by atoms with Crippen LogP contribution in [0.2, 0.25) is 0 Å². The Morgan fingerprint density at radius 2 is 1.68 bits per heavy atom. The Kier molecular flexibility index (Phi) is 4.74. The summed E-state index contributed by atoms with van der Waals surface area (Å²) >= 11 is 1.51. The highest BCUT2D eigenvalue weighted by Gasteiger charge is 2.15. The van der Waals surface area contributed by atoms with Crippen molar-refractivity contribution < 1.29 is 8.42 Å². The van der Waals surface area contributed by atoms with Crippen LogP contribution in [0.25, 0.3) is 16.2 Å². The van der Waals surface area contributed by atoms with Crippen LogP contribution in [-0.2, 0) is 10.0 Å². The lowest BCUT2D eigenvalue weighted by molar-refractivity contribution is 0.584. The molecule has 28 heavy (non-hydrogen) atoms. The summed E-state index contributed by atoms with van der Waals surface area (Å²) < 4.78 is 26.8. The van der Waals surface area contributed by atoms with Crippen molar-refractivity contribution in [1.82, 2.24) is 14.2 Å². The Morgan fingerprint density at radius 3 is 2.36 bits per heavy atom. The molecule has 0 amide bonds. The van der Waals surface area contributed by atoms with Crippen LogP contribution in [0.15, 0.2) is 70.1 Å². The summed E-state index contributed by atoms with van der Waals surface area (Å²) in [6.07, 6.45) is 3.38. The molecule has 0 aliphatic rings. The molecule has 0 aliphatic heterocycles. The zero-order valence-corrected chi connectivity index (χ0v) is 17.0. The first-order valence-electron chi connectivity index (χ1n) is 8.58. The largest absolute Gasteiger partial charge is 0.289 e. The number of rotatable bonds is 5. The number of hydrazone groups is 1. The number of imidazole rings is 1. The van der Waals surface area contributed by atoms with Crippen LogP contribution in [0.4, 0.5) is 0 Å². The van der Waals surface area contributed by atoms with Crippen LogP contribution in [0.5, 0.6) is 0 Å². The second-order valence-corrected chi connectivity index (χ2v) is 8.97. The number of thiazole rings is 1. The zero-order chi connectivity index (χ0) is 19.7. The Bertz CT molecular complexity index is 1250. The third-order valence-electron chi connectivity index (χ3n) is 4.32. The first-order valence-corrected chi connectivity index (χ1v) is 10.9. The van der Waals surface area contributed by atoms with E-state index in [-0.39, 0.29) is 4.90 Å². The van der Waals surface area contributed by atoms with E-state index in [1.54, 1.807) is 24.3 Å². The van der Waals surface area contributed by atoms with Gasteiger partial charge in [-0.3, -0.25) is 4.40 Å². The molecule has 4 rings (SSSR count). The quantitative estimate of drug-likeness (QED) is 0.399. The van der Waals surface area contributed by atoms with Gasteiger partial charge in [0.05, 0.1) is 22.5 Å². The summed E-state index contributed by atoms with van der Waals surface area (Å²) in [6.45, 7) is 3.93. The molecule has 1 N–H and O–H groups in total. The molecule has 0 bridgehead atoms. The summed E-state index contributed by atoms with van der Waals surface area (Å²) in [4.78, 5) is 7.94. The van der Waals surface area contributed by atoms with Crippen molar-refractivity contribution in [1.29, 1.82) is 0 Å². The van der Waals surface area contributed by atoms with Gasteiger partial charge in [-0.15, -0.1) is 11.3 Å².